The third-order valence-electron chi connectivity index (χ3n) is 3.29. The van der Waals surface area contributed by atoms with Gasteiger partial charge in [-0.05, 0) is 41.8 Å². The predicted molar refractivity (Wildman–Crippen MR) is 96.2 cm³/mol. The summed E-state index contributed by atoms with van der Waals surface area (Å²) in [5, 5.41) is 3.38. The Morgan fingerprint density at radius 2 is 1.87 bits per heavy atom. The predicted octanol–water partition coefficient (Wildman–Crippen LogP) is 4.55. The van der Waals surface area contributed by atoms with Crippen LogP contribution in [0.15, 0.2) is 53.0 Å². The first-order valence-electron chi connectivity index (χ1n) is 7.76. The minimum absolute atomic E-state index is 0.285. The van der Waals surface area contributed by atoms with E-state index in [0.717, 1.165) is 28.7 Å². The molecule has 0 spiro atoms. The quantitative estimate of drug-likeness (QED) is 0.721. The molecular weight excluding hydrogens is 354 g/mol. The summed E-state index contributed by atoms with van der Waals surface area (Å²) >= 11 is 3.46. The van der Waals surface area contributed by atoms with Crippen LogP contribution in [0.4, 0.5) is 0 Å². The zero-order chi connectivity index (χ0) is 16.7. The van der Waals surface area contributed by atoms with Crippen molar-refractivity contribution in [3.8, 4) is 0 Å². The first-order chi connectivity index (χ1) is 11.0. The van der Waals surface area contributed by atoms with Crippen LogP contribution in [0.25, 0.3) is 0 Å². The van der Waals surface area contributed by atoms with Crippen molar-refractivity contribution in [3.63, 3.8) is 0 Å². The minimum atomic E-state index is -0.305. The smallest absolute Gasteiger partial charge is 0.338 e. The zero-order valence-corrected chi connectivity index (χ0v) is 15.1. The number of nitrogens with one attached hydrogen (secondary N) is 1. The number of hydrogen-bond donors (Lipinski definition) is 1. The third kappa shape index (κ3) is 6.16. The molecule has 0 aliphatic rings. The molecule has 0 aliphatic carbocycles. The van der Waals surface area contributed by atoms with Gasteiger partial charge in [-0.1, -0.05) is 60.1 Å². The van der Waals surface area contributed by atoms with E-state index in [1.54, 1.807) is 6.07 Å². The van der Waals surface area contributed by atoms with Gasteiger partial charge in [-0.15, -0.1) is 0 Å². The molecule has 3 nitrogen and oxygen atoms in total. The van der Waals surface area contributed by atoms with Crippen molar-refractivity contribution in [2.24, 2.45) is 5.92 Å². The Hall–Kier alpha value is -1.65. The molecule has 0 saturated carbocycles. The Balaban J connectivity index is 1.97. The van der Waals surface area contributed by atoms with Crippen molar-refractivity contribution >= 4 is 21.9 Å². The van der Waals surface area contributed by atoms with Gasteiger partial charge in [0.2, 0.25) is 0 Å². The number of hydrogen-bond acceptors (Lipinski definition) is 3. The molecule has 0 bridgehead atoms. The fourth-order valence-electron chi connectivity index (χ4n) is 2.18. The molecule has 2 aromatic rings. The molecule has 0 amide bonds. The van der Waals surface area contributed by atoms with Gasteiger partial charge >= 0.3 is 5.97 Å². The second kappa shape index (κ2) is 8.85. The summed E-state index contributed by atoms with van der Waals surface area (Å²) in [6, 6.07) is 15.4. The van der Waals surface area contributed by atoms with Gasteiger partial charge in [0.25, 0.3) is 0 Å². The normalized spacial score (nSPS) is 10.8. The van der Waals surface area contributed by atoms with E-state index in [4.69, 9.17) is 4.74 Å². The Morgan fingerprint density at radius 1 is 1.13 bits per heavy atom. The number of ether oxygens (including phenoxy) is 1. The van der Waals surface area contributed by atoms with Gasteiger partial charge < -0.3 is 10.1 Å². The topological polar surface area (TPSA) is 38.3 Å². The standard InChI is InChI=1S/C19H22BrNO2/c1-14(2)11-21-12-16-8-17(10-18(20)9-16)19(22)23-13-15-6-4-3-5-7-15/h3-10,14,21H,11-13H2,1-2H3. The third-order valence-corrected chi connectivity index (χ3v) is 3.75. The molecule has 0 saturated heterocycles. The van der Waals surface area contributed by atoms with Crippen LogP contribution < -0.4 is 5.32 Å². The molecule has 2 rings (SSSR count). The first kappa shape index (κ1) is 17.7. The Labute approximate surface area is 146 Å². The van der Waals surface area contributed by atoms with Crippen molar-refractivity contribution in [2.75, 3.05) is 6.54 Å². The lowest BCUT2D eigenvalue weighted by Gasteiger charge is -2.10. The fourth-order valence-corrected chi connectivity index (χ4v) is 2.72. The maximum absolute atomic E-state index is 12.2. The summed E-state index contributed by atoms with van der Waals surface area (Å²) in [7, 11) is 0. The van der Waals surface area contributed by atoms with Crippen LogP contribution in [0, 0.1) is 5.92 Å². The number of benzene rings is 2. The lowest BCUT2D eigenvalue weighted by molar-refractivity contribution is 0.0472. The average Bonchev–Trinajstić information content (AvgIpc) is 2.52. The van der Waals surface area contributed by atoms with Gasteiger partial charge in [0.15, 0.2) is 0 Å². The van der Waals surface area contributed by atoms with Gasteiger partial charge in [0.1, 0.15) is 6.61 Å². The molecule has 122 valence electrons. The van der Waals surface area contributed by atoms with E-state index < -0.39 is 0 Å². The average molecular weight is 376 g/mol. The van der Waals surface area contributed by atoms with Gasteiger partial charge in [-0.25, -0.2) is 4.79 Å². The molecule has 23 heavy (non-hydrogen) atoms. The fraction of sp³-hybridized carbons (Fsp3) is 0.316. The maximum atomic E-state index is 12.2. The number of halogens is 1. The highest BCUT2D eigenvalue weighted by atomic mass is 79.9. The van der Waals surface area contributed by atoms with Gasteiger partial charge in [-0.3, -0.25) is 0 Å². The summed E-state index contributed by atoms with van der Waals surface area (Å²) in [5.74, 6) is 0.290. The van der Waals surface area contributed by atoms with Crippen molar-refractivity contribution in [1.29, 1.82) is 0 Å². The van der Waals surface area contributed by atoms with E-state index >= 15 is 0 Å². The summed E-state index contributed by atoms with van der Waals surface area (Å²) in [6.07, 6.45) is 0. The van der Waals surface area contributed by atoms with E-state index in [2.05, 4.69) is 35.1 Å². The molecular formula is C19H22BrNO2. The summed E-state index contributed by atoms with van der Waals surface area (Å²) in [4.78, 5) is 12.2. The molecule has 0 unspecified atom stereocenters. The lowest BCUT2D eigenvalue weighted by Crippen LogP contribution is -2.19. The minimum Gasteiger partial charge on any atom is -0.457 e. The van der Waals surface area contributed by atoms with E-state index in [1.165, 1.54) is 0 Å². The number of esters is 1. The van der Waals surface area contributed by atoms with Crippen LogP contribution in [0.3, 0.4) is 0 Å². The van der Waals surface area contributed by atoms with Gasteiger partial charge in [0.05, 0.1) is 5.56 Å². The van der Waals surface area contributed by atoms with Crippen LogP contribution in [-0.4, -0.2) is 12.5 Å². The molecule has 0 radical (unpaired) electrons. The van der Waals surface area contributed by atoms with Crippen molar-refractivity contribution in [1.82, 2.24) is 5.32 Å². The summed E-state index contributed by atoms with van der Waals surface area (Å²) < 4.78 is 6.27. The molecule has 0 aliphatic heterocycles. The van der Waals surface area contributed by atoms with E-state index in [9.17, 15) is 4.79 Å². The molecule has 0 fully saturated rings. The number of carbonyl (C=O) groups excluding carboxylic acids is 1. The molecule has 2 aromatic carbocycles. The van der Waals surface area contributed by atoms with Crippen LogP contribution >= 0.6 is 15.9 Å². The second-order valence-corrected chi connectivity index (χ2v) is 6.85. The lowest BCUT2D eigenvalue weighted by atomic mass is 10.1. The van der Waals surface area contributed by atoms with Crippen LogP contribution in [0.1, 0.15) is 35.3 Å². The largest absolute Gasteiger partial charge is 0.457 e. The molecule has 0 aromatic heterocycles. The Bertz CT molecular complexity index is 641. The SMILES string of the molecule is CC(C)CNCc1cc(Br)cc(C(=O)OCc2ccccc2)c1. The van der Waals surface area contributed by atoms with Crippen LogP contribution in [0.5, 0.6) is 0 Å². The Kier molecular flexibility index (Phi) is 6.81. The maximum Gasteiger partial charge on any atom is 0.338 e. The first-order valence-corrected chi connectivity index (χ1v) is 8.55. The van der Waals surface area contributed by atoms with E-state index in [0.29, 0.717) is 11.5 Å². The van der Waals surface area contributed by atoms with Gasteiger partial charge in [0, 0.05) is 11.0 Å². The Morgan fingerprint density at radius 3 is 2.57 bits per heavy atom. The van der Waals surface area contributed by atoms with E-state index in [1.807, 2.05) is 42.5 Å². The van der Waals surface area contributed by atoms with Crippen molar-refractivity contribution < 1.29 is 9.53 Å². The van der Waals surface area contributed by atoms with Crippen LogP contribution in [0.2, 0.25) is 0 Å². The molecule has 4 heteroatoms. The summed E-state index contributed by atoms with van der Waals surface area (Å²) in [5.41, 5.74) is 2.61. The van der Waals surface area contributed by atoms with Crippen molar-refractivity contribution in [3.05, 3.63) is 69.7 Å². The molecule has 0 atom stereocenters. The van der Waals surface area contributed by atoms with Gasteiger partial charge in [-0.2, -0.15) is 0 Å². The highest BCUT2D eigenvalue weighted by Gasteiger charge is 2.10. The van der Waals surface area contributed by atoms with Crippen LogP contribution in [-0.2, 0) is 17.9 Å². The number of carbonyl (C=O) groups is 1. The molecule has 1 N–H and O–H groups in total. The highest BCUT2D eigenvalue weighted by molar-refractivity contribution is 9.10. The summed E-state index contributed by atoms with van der Waals surface area (Å²) in [6.45, 7) is 6.30. The highest BCUT2D eigenvalue weighted by Crippen LogP contribution is 2.17. The monoisotopic (exact) mass is 375 g/mol. The second-order valence-electron chi connectivity index (χ2n) is 5.93. The zero-order valence-electron chi connectivity index (χ0n) is 13.5. The number of rotatable bonds is 7. The molecule has 0 heterocycles. The van der Waals surface area contributed by atoms with E-state index in [-0.39, 0.29) is 12.6 Å². The van der Waals surface area contributed by atoms with Crippen molar-refractivity contribution in [2.45, 2.75) is 27.0 Å².